The molecule has 1 saturated heterocycles. The standard InChI is InChI=1S/C10H14N2O2/c13-10(9-1-2-11-7-9)8-12-3-5-14-6-4-12/h1-2,7,11H,3-6,8H2. The summed E-state index contributed by atoms with van der Waals surface area (Å²) in [5, 5.41) is 0. The molecule has 0 bridgehead atoms. The first-order valence-electron chi connectivity index (χ1n) is 4.82. The third-order valence-corrected chi connectivity index (χ3v) is 2.39. The average molecular weight is 194 g/mol. The first-order valence-corrected chi connectivity index (χ1v) is 4.82. The highest BCUT2D eigenvalue weighted by Gasteiger charge is 2.15. The molecular formula is C10H14N2O2. The summed E-state index contributed by atoms with van der Waals surface area (Å²) in [6, 6.07) is 1.81. The normalized spacial score (nSPS) is 18.3. The number of nitrogens with zero attached hydrogens (tertiary/aromatic N) is 1. The largest absolute Gasteiger partial charge is 0.379 e. The Bertz CT molecular complexity index is 289. The number of nitrogens with one attached hydrogen (secondary N) is 1. The molecule has 76 valence electrons. The number of Topliss-reactive ketones (excluding diaryl/α,β-unsaturated/α-hetero) is 1. The van der Waals surface area contributed by atoms with Crippen LogP contribution in [0.2, 0.25) is 0 Å². The minimum absolute atomic E-state index is 0.174. The molecule has 4 heteroatoms. The molecule has 0 amide bonds. The maximum atomic E-state index is 11.7. The average Bonchev–Trinajstić information content (AvgIpc) is 2.72. The van der Waals surface area contributed by atoms with E-state index in [4.69, 9.17) is 4.74 Å². The van der Waals surface area contributed by atoms with Gasteiger partial charge in [0, 0.05) is 31.0 Å². The van der Waals surface area contributed by atoms with Crippen LogP contribution < -0.4 is 0 Å². The molecule has 1 aromatic rings. The molecule has 0 radical (unpaired) electrons. The smallest absolute Gasteiger partial charge is 0.178 e. The molecule has 1 aliphatic heterocycles. The van der Waals surface area contributed by atoms with Gasteiger partial charge in [-0.3, -0.25) is 9.69 Å². The second-order valence-corrected chi connectivity index (χ2v) is 3.41. The first kappa shape index (κ1) is 9.43. The van der Waals surface area contributed by atoms with Gasteiger partial charge in [0.05, 0.1) is 19.8 Å². The van der Waals surface area contributed by atoms with Crippen molar-refractivity contribution in [3.63, 3.8) is 0 Å². The molecule has 1 N–H and O–H groups in total. The molecule has 0 aliphatic carbocycles. The Morgan fingerprint density at radius 2 is 2.29 bits per heavy atom. The molecule has 2 heterocycles. The molecule has 0 spiro atoms. The van der Waals surface area contributed by atoms with Crippen molar-refractivity contribution in [2.24, 2.45) is 0 Å². The van der Waals surface area contributed by atoms with Crippen LogP contribution in [-0.4, -0.2) is 48.5 Å². The van der Waals surface area contributed by atoms with Gasteiger partial charge in [0.25, 0.3) is 0 Å². The zero-order valence-corrected chi connectivity index (χ0v) is 8.03. The Labute approximate surface area is 82.9 Å². The Hall–Kier alpha value is -1.13. The summed E-state index contributed by atoms with van der Waals surface area (Å²) in [5.74, 6) is 0.174. The van der Waals surface area contributed by atoms with Gasteiger partial charge in [-0.25, -0.2) is 0 Å². The summed E-state index contributed by atoms with van der Waals surface area (Å²) in [6.45, 7) is 3.69. The van der Waals surface area contributed by atoms with E-state index >= 15 is 0 Å². The van der Waals surface area contributed by atoms with Gasteiger partial charge in [0.1, 0.15) is 0 Å². The maximum absolute atomic E-state index is 11.7. The van der Waals surface area contributed by atoms with Crippen molar-refractivity contribution in [2.45, 2.75) is 0 Å². The van der Waals surface area contributed by atoms with Crippen molar-refractivity contribution in [2.75, 3.05) is 32.8 Å². The number of rotatable bonds is 3. The number of ketones is 1. The van der Waals surface area contributed by atoms with Crippen molar-refractivity contribution >= 4 is 5.78 Å². The number of aromatic amines is 1. The maximum Gasteiger partial charge on any atom is 0.178 e. The summed E-state index contributed by atoms with van der Waals surface area (Å²) < 4.78 is 5.21. The van der Waals surface area contributed by atoms with Crippen molar-refractivity contribution in [1.29, 1.82) is 0 Å². The molecule has 14 heavy (non-hydrogen) atoms. The number of aromatic nitrogens is 1. The van der Waals surface area contributed by atoms with Gasteiger partial charge in [-0.1, -0.05) is 0 Å². The Kier molecular flexibility index (Phi) is 2.96. The van der Waals surface area contributed by atoms with Gasteiger partial charge in [0.15, 0.2) is 5.78 Å². The number of hydrogen-bond donors (Lipinski definition) is 1. The summed E-state index contributed by atoms with van der Waals surface area (Å²) in [6.07, 6.45) is 3.51. The zero-order chi connectivity index (χ0) is 9.80. The molecule has 0 atom stereocenters. The van der Waals surface area contributed by atoms with Crippen LogP contribution >= 0.6 is 0 Å². The number of morpholine rings is 1. The minimum Gasteiger partial charge on any atom is -0.379 e. The van der Waals surface area contributed by atoms with Crippen LogP contribution in [0.25, 0.3) is 0 Å². The number of H-pyrrole nitrogens is 1. The second-order valence-electron chi connectivity index (χ2n) is 3.41. The van der Waals surface area contributed by atoms with Crippen LogP contribution in [0.1, 0.15) is 10.4 Å². The van der Waals surface area contributed by atoms with E-state index in [9.17, 15) is 4.79 Å². The van der Waals surface area contributed by atoms with Crippen molar-refractivity contribution in [1.82, 2.24) is 9.88 Å². The van der Waals surface area contributed by atoms with E-state index in [2.05, 4.69) is 9.88 Å². The van der Waals surface area contributed by atoms with Gasteiger partial charge in [-0.2, -0.15) is 0 Å². The van der Waals surface area contributed by atoms with Crippen LogP contribution in [0.3, 0.4) is 0 Å². The monoisotopic (exact) mass is 194 g/mol. The Morgan fingerprint density at radius 1 is 1.50 bits per heavy atom. The van der Waals surface area contributed by atoms with E-state index in [-0.39, 0.29) is 5.78 Å². The molecule has 1 aliphatic rings. The summed E-state index contributed by atoms with van der Waals surface area (Å²) in [5.41, 5.74) is 0.761. The highest BCUT2D eigenvalue weighted by molar-refractivity contribution is 5.97. The topological polar surface area (TPSA) is 45.3 Å². The number of ether oxygens (including phenoxy) is 1. The quantitative estimate of drug-likeness (QED) is 0.714. The van der Waals surface area contributed by atoms with Crippen molar-refractivity contribution < 1.29 is 9.53 Å². The number of hydrogen-bond acceptors (Lipinski definition) is 3. The van der Waals surface area contributed by atoms with Gasteiger partial charge in [-0.05, 0) is 6.07 Å². The Balaban J connectivity index is 1.87. The van der Waals surface area contributed by atoms with Crippen LogP contribution in [0.15, 0.2) is 18.5 Å². The van der Waals surface area contributed by atoms with Crippen molar-refractivity contribution in [3.05, 3.63) is 24.0 Å². The van der Waals surface area contributed by atoms with Gasteiger partial charge in [0.2, 0.25) is 0 Å². The lowest BCUT2D eigenvalue weighted by Gasteiger charge is -2.25. The summed E-state index contributed by atoms with van der Waals surface area (Å²) in [4.78, 5) is 16.7. The lowest BCUT2D eigenvalue weighted by molar-refractivity contribution is 0.0371. The van der Waals surface area contributed by atoms with E-state index in [1.165, 1.54) is 0 Å². The molecule has 0 saturated carbocycles. The SMILES string of the molecule is O=C(CN1CCOCC1)c1cc[nH]c1. The first-order chi connectivity index (χ1) is 6.86. The Morgan fingerprint density at radius 3 is 2.93 bits per heavy atom. The molecule has 4 nitrogen and oxygen atoms in total. The zero-order valence-electron chi connectivity index (χ0n) is 8.03. The van der Waals surface area contributed by atoms with E-state index in [0.29, 0.717) is 6.54 Å². The molecule has 0 aromatic carbocycles. The summed E-state index contributed by atoms with van der Waals surface area (Å²) in [7, 11) is 0. The van der Waals surface area contributed by atoms with Crippen LogP contribution in [0, 0.1) is 0 Å². The highest BCUT2D eigenvalue weighted by Crippen LogP contribution is 2.02. The van der Waals surface area contributed by atoms with Crippen molar-refractivity contribution in [3.8, 4) is 0 Å². The fraction of sp³-hybridized carbons (Fsp3) is 0.500. The highest BCUT2D eigenvalue weighted by atomic mass is 16.5. The summed E-state index contributed by atoms with van der Waals surface area (Å²) >= 11 is 0. The molecule has 1 aromatic heterocycles. The minimum atomic E-state index is 0.174. The third kappa shape index (κ3) is 2.21. The fourth-order valence-electron chi connectivity index (χ4n) is 1.55. The number of carbonyl (C=O) groups is 1. The second kappa shape index (κ2) is 4.39. The molecular weight excluding hydrogens is 180 g/mol. The van der Waals surface area contributed by atoms with Gasteiger partial charge in [-0.15, -0.1) is 0 Å². The predicted octanol–water partition coefficient (Wildman–Crippen LogP) is 0.530. The van der Waals surface area contributed by atoms with E-state index in [1.54, 1.807) is 12.4 Å². The molecule has 0 unspecified atom stereocenters. The fourth-order valence-corrected chi connectivity index (χ4v) is 1.55. The predicted molar refractivity (Wildman–Crippen MR) is 52.4 cm³/mol. The van der Waals surface area contributed by atoms with E-state index in [1.807, 2.05) is 6.07 Å². The lowest BCUT2D eigenvalue weighted by Crippen LogP contribution is -2.39. The number of carbonyl (C=O) groups excluding carboxylic acids is 1. The van der Waals surface area contributed by atoms with Gasteiger partial charge >= 0.3 is 0 Å². The van der Waals surface area contributed by atoms with Crippen LogP contribution in [-0.2, 0) is 4.74 Å². The molecule has 1 fully saturated rings. The molecule has 2 rings (SSSR count). The van der Waals surface area contributed by atoms with Crippen LogP contribution in [0.4, 0.5) is 0 Å². The van der Waals surface area contributed by atoms with Crippen LogP contribution in [0.5, 0.6) is 0 Å². The van der Waals surface area contributed by atoms with E-state index < -0.39 is 0 Å². The van der Waals surface area contributed by atoms with Gasteiger partial charge < -0.3 is 9.72 Å². The third-order valence-electron chi connectivity index (χ3n) is 2.39. The van der Waals surface area contributed by atoms with E-state index in [0.717, 1.165) is 31.9 Å². The lowest BCUT2D eigenvalue weighted by atomic mass is 10.2.